The molecule has 2 amide bonds. The van der Waals surface area contributed by atoms with E-state index in [1.54, 1.807) is 0 Å². The zero-order valence-corrected chi connectivity index (χ0v) is 14.4. The number of thioether (sulfide) groups is 1. The molecule has 1 aromatic rings. The minimum Gasteiger partial charge on any atom is -0.378 e. The molecular weight excluding hydrogens is 371 g/mol. The third-order valence-corrected chi connectivity index (χ3v) is 5.07. The Labute approximate surface area is 151 Å². The lowest BCUT2D eigenvalue weighted by Gasteiger charge is -2.27. The molecule has 1 aromatic carbocycles. The lowest BCUT2D eigenvalue weighted by atomic mass is 10.2. The lowest BCUT2D eigenvalue weighted by Crippen LogP contribution is -2.39. The molecule has 0 aliphatic carbocycles. The number of halogens is 3. The highest BCUT2D eigenvalue weighted by atomic mass is 32.2. The van der Waals surface area contributed by atoms with Crippen LogP contribution in [0.25, 0.3) is 0 Å². The quantitative estimate of drug-likeness (QED) is 0.862. The first kappa shape index (κ1) is 18.7. The highest BCUT2D eigenvalue weighted by Crippen LogP contribution is 2.31. The first-order valence-electron chi connectivity index (χ1n) is 7.92. The maximum absolute atomic E-state index is 12.7. The van der Waals surface area contributed by atoms with E-state index in [9.17, 15) is 22.8 Å². The molecule has 2 heterocycles. The van der Waals surface area contributed by atoms with Gasteiger partial charge in [0.2, 0.25) is 5.91 Å². The molecule has 2 aliphatic heterocycles. The minimum atomic E-state index is -4.49. The van der Waals surface area contributed by atoms with Crippen molar-refractivity contribution in [1.82, 2.24) is 4.90 Å². The molecule has 0 aromatic heterocycles. The molecule has 10 heteroatoms. The SMILES string of the molecule is O=C(C[C@H]1SC(N2CCOCC2)=NC1=O)Nc1cccc(C(F)(F)F)c1. The fourth-order valence-electron chi connectivity index (χ4n) is 2.55. The number of anilines is 1. The number of aliphatic imine (C=N–C) groups is 1. The normalized spacial score (nSPS) is 20.9. The van der Waals surface area contributed by atoms with Crippen LogP contribution in [0.15, 0.2) is 29.3 Å². The number of amidine groups is 1. The van der Waals surface area contributed by atoms with Crippen molar-refractivity contribution < 1.29 is 27.5 Å². The van der Waals surface area contributed by atoms with Crippen LogP contribution in [0.5, 0.6) is 0 Å². The molecule has 6 nitrogen and oxygen atoms in total. The number of carbonyl (C=O) groups excluding carboxylic acids is 2. The van der Waals surface area contributed by atoms with Crippen molar-refractivity contribution in [2.75, 3.05) is 31.6 Å². The van der Waals surface area contributed by atoms with Crippen LogP contribution in [0.3, 0.4) is 0 Å². The Balaban J connectivity index is 1.57. The Hall–Kier alpha value is -2.07. The van der Waals surface area contributed by atoms with E-state index in [2.05, 4.69) is 10.3 Å². The minimum absolute atomic E-state index is 0.0367. The monoisotopic (exact) mass is 387 g/mol. The summed E-state index contributed by atoms with van der Waals surface area (Å²) < 4.78 is 43.4. The standard InChI is InChI=1S/C16H16F3N3O3S/c17-16(18,19)10-2-1-3-11(8-10)20-13(23)9-12-14(24)21-15(26-12)22-4-6-25-7-5-22/h1-3,8,12H,4-7,9H2,(H,20,23)/t12-/m1/s1. The van der Waals surface area contributed by atoms with Crippen LogP contribution in [-0.4, -0.2) is 53.4 Å². The highest BCUT2D eigenvalue weighted by Gasteiger charge is 2.34. The number of carbonyl (C=O) groups is 2. The summed E-state index contributed by atoms with van der Waals surface area (Å²) in [6.07, 6.45) is -4.64. The Morgan fingerprint density at radius 3 is 2.77 bits per heavy atom. The number of nitrogens with zero attached hydrogens (tertiary/aromatic N) is 2. The van der Waals surface area contributed by atoms with E-state index in [1.807, 2.05) is 4.90 Å². The fraction of sp³-hybridized carbons (Fsp3) is 0.438. The highest BCUT2D eigenvalue weighted by molar-refractivity contribution is 8.15. The van der Waals surface area contributed by atoms with E-state index in [0.717, 1.165) is 12.1 Å². The maximum atomic E-state index is 12.7. The number of morpholine rings is 1. The first-order chi connectivity index (χ1) is 12.3. The average molecular weight is 387 g/mol. The summed E-state index contributed by atoms with van der Waals surface area (Å²) in [6, 6.07) is 4.37. The molecule has 1 atom stereocenters. The van der Waals surface area contributed by atoms with Crippen LogP contribution in [0.2, 0.25) is 0 Å². The maximum Gasteiger partial charge on any atom is 0.416 e. The number of benzene rings is 1. The summed E-state index contributed by atoms with van der Waals surface area (Å²) >= 11 is 1.20. The number of hydrogen-bond donors (Lipinski definition) is 1. The van der Waals surface area contributed by atoms with E-state index in [1.165, 1.54) is 23.9 Å². The molecule has 0 spiro atoms. The summed E-state index contributed by atoms with van der Waals surface area (Å²) in [5.74, 6) is -0.940. The van der Waals surface area contributed by atoms with Gasteiger partial charge in [0.05, 0.1) is 18.8 Å². The number of nitrogens with one attached hydrogen (secondary N) is 1. The molecule has 0 unspecified atom stereocenters. The third-order valence-electron chi connectivity index (χ3n) is 3.85. The average Bonchev–Trinajstić information content (AvgIpc) is 2.96. The summed E-state index contributed by atoms with van der Waals surface area (Å²) in [5, 5.41) is 2.30. The van der Waals surface area contributed by atoms with Crippen LogP contribution >= 0.6 is 11.8 Å². The number of ether oxygens (including phenoxy) is 1. The Morgan fingerprint density at radius 2 is 2.08 bits per heavy atom. The Morgan fingerprint density at radius 1 is 1.35 bits per heavy atom. The zero-order chi connectivity index (χ0) is 18.7. The Kier molecular flexibility index (Phi) is 5.52. The molecule has 140 valence electrons. The van der Waals surface area contributed by atoms with Gasteiger partial charge in [-0.05, 0) is 18.2 Å². The van der Waals surface area contributed by atoms with Gasteiger partial charge in [-0.2, -0.15) is 18.2 Å². The second-order valence-electron chi connectivity index (χ2n) is 5.77. The zero-order valence-electron chi connectivity index (χ0n) is 13.6. The van der Waals surface area contributed by atoms with E-state index in [4.69, 9.17) is 4.74 Å². The summed E-state index contributed by atoms with van der Waals surface area (Å²) in [4.78, 5) is 30.0. The number of amides is 2. The summed E-state index contributed by atoms with van der Waals surface area (Å²) in [6.45, 7) is 2.35. The van der Waals surface area contributed by atoms with Gasteiger partial charge in [0.15, 0.2) is 5.17 Å². The van der Waals surface area contributed by atoms with Gasteiger partial charge >= 0.3 is 6.18 Å². The van der Waals surface area contributed by atoms with Crippen molar-refractivity contribution in [1.29, 1.82) is 0 Å². The van der Waals surface area contributed by atoms with Gasteiger partial charge in [0.25, 0.3) is 5.91 Å². The van der Waals surface area contributed by atoms with Gasteiger partial charge in [-0.3, -0.25) is 9.59 Å². The molecule has 0 saturated carbocycles. The van der Waals surface area contributed by atoms with Gasteiger partial charge in [-0.1, -0.05) is 17.8 Å². The number of rotatable bonds is 3. The Bertz CT molecular complexity index is 733. The molecular formula is C16H16F3N3O3S. The van der Waals surface area contributed by atoms with Gasteiger partial charge in [-0.15, -0.1) is 0 Å². The van der Waals surface area contributed by atoms with Crippen LogP contribution in [0.4, 0.5) is 18.9 Å². The van der Waals surface area contributed by atoms with Crippen molar-refractivity contribution in [3.05, 3.63) is 29.8 Å². The van der Waals surface area contributed by atoms with Gasteiger partial charge in [-0.25, -0.2) is 0 Å². The van der Waals surface area contributed by atoms with Crippen molar-refractivity contribution in [2.45, 2.75) is 17.8 Å². The fourth-order valence-corrected chi connectivity index (χ4v) is 3.67. The van der Waals surface area contributed by atoms with Crippen LogP contribution in [0.1, 0.15) is 12.0 Å². The molecule has 1 saturated heterocycles. The molecule has 0 bridgehead atoms. The number of alkyl halides is 3. The van der Waals surface area contributed by atoms with Crippen molar-refractivity contribution in [3.63, 3.8) is 0 Å². The van der Waals surface area contributed by atoms with Gasteiger partial charge in [0.1, 0.15) is 5.25 Å². The topological polar surface area (TPSA) is 71.0 Å². The van der Waals surface area contributed by atoms with Crippen LogP contribution in [0, 0.1) is 0 Å². The molecule has 0 radical (unpaired) electrons. The van der Waals surface area contributed by atoms with E-state index < -0.39 is 28.8 Å². The van der Waals surface area contributed by atoms with Crippen molar-refractivity contribution in [2.24, 2.45) is 4.99 Å². The predicted octanol–water partition coefficient (Wildman–Crippen LogP) is 2.36. The van der Waals surface area contributed by atoms with Crippen molar-refractivity contribution in [3.8, 4) is 0 Å². The summed E-state index contributed by atoms with van der Waals surface area (Å²) in [7, 11) is 0. The smallest absolute Gasteiger partial charge is 0.378 e. The van der Waals surface area contributed by atoms with Gasteiger partial charge in [0, 0.05) is 25.2 Å². The summed E-state index contributed by atoms with van der Waals surface area (Å²) in [5.41, 5.74) is -0.811. The second kappa shape index (κ2) is 7.67. The number of hydrogen-bond acceptors (Lipinski definition) is 5. The molecule has 1 fully saturated rings. The molecule has 26 heavy (non-hydrogen) atoms. The van der Waals surface area contributed by atoms with Crippen LogP contribution in [-0.2, 0) is 20.5 Å². The largest absolute Gasteiger partial charge is 0.416 e. The van der Waals surface area contributed by atoms with E-state index >= 15 is 0 Å². The second-order valence-corrected chi connectivity index (χ2v) is 6.94. The van der Waals surface area contributed by atoms with Crippen molar-refractivity contribution >= 4 is 34.4 Å². The molecule has 2 aliphatic rings. The lowest BCUT2D eigenvalue weighted by molar-refractivity contribution is -0.137. The first-order valence-corrected chi connectivity index (χ1v) is 8.80. The molecule has 1 N–H and O–H groups in total. The predicted molar refractivity (Wildman–Crippen MR) is 90.9 cm³/mol. The third kappa shape index (κ3) is 4.55. The van der Waals surface area contributed by atoms with E-state index in [-0.39, 0.29) is 12.1 Å². The van der Waals surface area contributed by atoms with Crippen LogP contribution < -0.4 is 5.32 Å². The molecule has 3 rings (SSSR count). The van der Waals surface area contributed by atoms with E-state index in [0.29, 0.717) is 31.5 Å². The van der Waals surface area contributed by atoms with Gasteiger partial charge < -0.3 is 15.0 Å².